The van der Waals surface area contributed by atoms with E-state index >= 15 is 0 Å². The number of halogens is 4. The summed E-state index contributed by atoms with van der Waals surface area (Å²) < 4.78 is 0. The molecule has 0 aromatic heterocycles. The van der Waals surface area contributed by atoms with E-state index in [9.17, 15) is 0 Å². The molecule has 0 aliphatic carbocycles. The summed E-state index contributed by atoms with van der Waals surface area (Å²) in [6.45, 7) is 4.01. The minimum atomic E-state index is 0.0797. The van der Waals surface area contributed by atoms with Crippen molar-refractivity contribution < 1.29 is 0 Å². The lowest BCUT2D eigenvalue weighted by molar-refractivity contribution is 0.749. The molecule has 0 amide bonds. The van der Waals surface area contributed by atoms with Gasteiger partial charge in [0.05, 0.1) is 26.8 Å². The van der Waals surface area contributed by atoms with Crippen LogP contribution in [0.3, 0.4) is 0 Å². The van der Waals surface area contributed by atoms with Crippen LogP contribution in [0.2, 0.25) is 20.1 Å². The average Bonchev–Trinajstić information content (AvgIpc) is 2.44. The van der Waals surface area contributed by atoms with Crippen molar-refractivity contribution in [1.82, 2.24) is 0 Å². The van der Waals surface area contributed by atoms with Crippen molar-refractivity contribution in [2.45, 2.75) is 26.3 Å². The SMILES string of the molecule is CCC(Nc1cc(Cl)c(C)cc1Cl)c1ccc(Cl)c(Cl)c1. The molecule has 2 aromatic carbocycles. The Morgan fingerprint density at radius 3 is 2.24 bits per heavy atom. The minimum absolute atomic E-state index is 0.0797. The van der Waals surface area contributed by atoms with Crippen LogP contribution in [-0.2, 0) is 0 Å². The number of aryl methyl sites for hydroxylation is 1. The number of nitrogens with one attached hydrogen (secondary N) is 1. The first-order valence-electron chi connectivity index (χ1n) is 6.59. The van der Waals surface area contributed by atoms with E-state index < -0.39 is 0 Å². The zero-order valence-electron chi connectivity index (χ0n) is 11.7. The van der Waals surface area contributed by atoms with Gasteiger partial charge in [-0.25, -0.2) is 0 Å². The summed E-state index contributed by atoms with van der Waals surface area (Å²) in [5.74, 6) is 0. The van der Waals surface area contributed by atoms with Gasteiger partial charge in [0.1, 0.15) is 0 Å². The number of benzene rings is 2. The molecule has 0 aliphatic heterocycles. The Morgan fingerprint density at radius 2 is 1.62 bits per heavy atom. The Labute approximate surface area is 145 Å². The van der Waals surface area contributed by atoms with E-state index in [4.69, 9.17) is 46.4 Å². The van der Waals surface area contributed by atoms with E-state index in [0.717, 1.165) is 23.2 Å². The van der Waals surface area contributed by atoms with Crippen molar-refractivity contribution in [2.75, 3.05) is 5.32 Å². The Bertz CT molecular complexity index is 655. The topological polar surface area (TPSA) is 12.0 Å². The largest absolute Gasteiger partial charge is 0.377 e. The lowest BCUT2D eigenvalue weighted by Gasteiger charge is -2.20. The maximum atomic E-state index is 6.28. The third-order valence-corrected chi connectivity index (χ3v) is 4.79. The van der Waals surface area contributed by atoms with Crippen LogP contribution in [0, 0.1) is 6.92 Å². The molecule has 2 aromatic rings. The third-order valence-electron chi connectivity index (χ3n) is 3.33. The first-order valence-corrected chi connectivity index (χ1v) is 8.10. The molecule has 0 fully saturated rings. The molecule has 21 heavy (non-hydrogen) atoms. The van der Waals surface area contributed by atoms with Crippen molar-refractivity contribution in [3.8, 4) is 0 Å². The molecule has 1 unspecified atom stereocenters. The Hall–Kier alpha value is -0.600. The van der Waals surface area contributed by atoms with Crippen LogP contribution in [0.15, 0.2) is 30.3 Å². The molecule has 0 radical (unpaired) electrons. The second kappa shape index (κ2) is 7.11. The molecule has 5 heteroatoms. The number of rotatable bonds is 4. The van der Waals surface area contributed by atoms with E-state index in [0.29, 0.717) is 20.1 Å². The fourth-order valence-electron chi connectivity index (χ4n) is 2.09. The maximum absolute atomic E-state index is 6.28. The predicted molar refractivity (Wildman–Crippen MR) is 94.3 cm³/mol. The van der Waals surface area contributed by atoms with E-state index in [1.54, 1.807) is 6.07 Å². The van der Waals surface area contributed by atoms with Crippen LogP contribution in [0.4, 0.5) is 5.69 Å². The summed E-state index contributed by atoms with van der Waals surface area (Å²) in [6, 6.07) is 9.41. The smallest absolute Gasteiger partial charge is 0.0641 e. The molecule has 0 saturated carbocycles. The second-order valence-electron chi connectivity index (χ2n) is 4.86. The van der Waals surface area contributed by atoms with Crippen LogP contribution >= 0.6 is 46.4 Å². The van der Waals surface area contributed by atoms with Gasteiger partial charge in [0.2, 0.25) is 0 Å². The van der Waals surface area contributed by atoms with Crippen LogP contribution in [-0.4, -0.2) is 0 Å². The van der Waals surface area contributed by atoms with E-state index in [-0.39, 0.29) is 6.04 Å². The van der Waals surface area contributed by atoms with Gasteiger partial charge in [-0.1, -0.05) is 59.4 Å². The molecule has 0 spiro atoms. The summed E-state index contributed by atoms with van der Waals surface area (Å²) in [6.07, 6.45) is 0.875. The lowest BCUT2D eigenvalue weighted by atomic mass is 10.0. The lowest BCUT2D eigenvalue weighted by Crippen LogP contribution is -2.10. The first kappa shape index (κ1) is 16.8. The van der Waals surface area contributed by atoms with Crippen molar-refractivity contribution >= 4 is 52.1 Å². The molecule has 0 saturated heterocycles. The Balaban J connectivity index is 2.31. The van der Waals surface area contributed by atoms with Gasteiger partial charge in [0.15, 0.2) is 0 Å². The molecule has 1 N–H and O–H groups in total. The van der Waals surface area contributed by atoms with Crippen molar-refractivity contribution in [3.63, 3.8) is 0 Å². The molecule has 1 atom stereocenters. The zero-order valence-corrected chi connectivity index (χ0v) is 14.7. The number of hydrogen-bond acceptors (Lipinski definition) is 1. The first-order chi connectivity index (χ1) is 9.92. The molecular weight excluding hydrogens is 348 g/mol. The van der Waals surface area contributed by atoms with Crippen molar-refractivity contribution in [3.05, 3.63) is 61.5 Å². The summed E-state index contributed by atoms with van der Waals surface area (Å²) >= 11 is 24.5. The molecule has 112 valence electrons. The number of anilines is 1. The van der Waals surface area contributed by atoms with E-state index in [1.807, 2.05) is 31.2 Å². The molecule has 0 heterocycles. The van der Waals surface area contributed by atoms with Gasteiger partial charge in [0, 0.05) is 5.02 Å². The summed E-state index contributed by atoms with van der Waals surface area (Å²) in [4.78, 5) is 0. The normalized spacial score (nSPS) is 12.3. The van der Waals surface area contributed by atoms with Crippen LogP contribution in [0.5, 0.6) is 0 Å². The maximum Gasteiger partial charge on any atom is 0.0641 e. The summed E-state index contributed by atoms with van der Waals surface area (Å²) in [5.41, 5.74) is 2.82. The standard InChI is InChI=1S/C16H15Cl4N/c1-3-15(10-4-5-11(17)13(19)7-10)21-16-8-12(18)9(2)6-14(16)20/h4-8,15,21H,3H2,1-2H3. The van der Waals surface area contributed by atoms with Gasteiger partial charge >= 0.3 is 0 Å². The zero-order chi connectivity index (χ0) is 15.6. The van der Waals surface area contributed by atoms with Crippen LogP contribution in [0.1, 0.15) is 30.5 Å². The summed E-state index contributed by atoms with van der Waals surface area (Å²) in [5, 5.41) is 5.84. The third kappa shape index (κ3) is 3.98. The van der Waals surface area contributed by atoms with Crippen molar-refractivity contribution in [1.29, 1.82) is 0 Å². The van der Waals surface area contributed by atoms with Gasteiger partial charge in [-0.15, -0.1) is 0 Å². The molecular formula is C16H15Cl4N. The Kier molecular flexibility index (Phi) is 5.67. The highest BCUT2D eigenvalue weighted by molar-refractivity contribution is 6.42. The predicted octanol–water partition coefficient (Wildman–Crippen LogP) is 7.17. The monoisotopic (exact) mass is 361 g/mol. The molecule has 0 aliphatic rings. The van der Waals surface area contributed by atoms with E-state index in [1.165, 1.54) is 0 Å². The van der Waals surface area contributed by atoms with E-state index in [2.05, 4.69) is 12.2 Å². The average molecular weight is 363 g/mol. The Morgan fingerprint density at radius 1 is 0.905 bits per heavy atom. The van der Waals surface area contributed by atoms with Gasteiger partial charge in [-0.2, -0.15) is 0 Å². The second-order valence-corrected chi connectivity index (χ2v) is 6.49. The van der Waals surface area contributed by atoms with Crippen LogP contribution < -0.4 is 5.32 Å². The summed E-state index contributed by atoms with van der Waals surface area (Å²) in [7, 11) is 0. The molecule has 1 nitrogen and oxygen atoms in total. The van der Waals surface area contributed by atoms with Gasteiger partial charge < -0.3 is 5.32 Å². The van der Waals surface area contributed by atoms with Gasteiger partial charge in [0.25, 0.3) is 0 Å². The highest BCUT2D eigenvalue weighted by atomic mass is 35.5. The van der Waals surface area contributed by atoms with Crippen LogP contribution in [0.25, 0.3) is 0 Å². The number of hydrogen-bond donors (Lipinski definition) is 1. The minimum Gasteiger partial charge on any atom is -0.377 e. The highest BCUT2D eigenvalue weighted by Gasteiger charge is 2.13. The molecule has 2 rings (SSSR count). The fourth-order valence-corrected chi connectivity index (χ4v) is 2.84. The fraction of sp³-hybridized carbons (Fsp3) is 0.250. The highest BCUT2D eigenvalue weighted by Crippen LogP contribution is 2.34. The van der Waals surface area contributed by atoms with Gasteiger partial charge in [-0.05, 0) is 48.7 Å². The quantitative estimate of drug-likeness (QED) is 0.607. The van der Waals surface area contributed by atoms with Gasteiger partial charge in [-0.3, -0.25) is 0 Å². The van der Waals surface area contributed by atoms with Crippen molar-refractivity contribution in [2.24, 2.45) is 0 Å². The molecule has 0 bridgehead atoms.